The number of anilines is 3. The molecule has 1 aromatic heterocycles. The summed E-state index contributed by atoms with van der Waals surface area (Å²) in [5.41, 5.74) is 6.02. The quantitative estimate of drug-likeness (QED) is 0.0292. The van der Waals surface area contributed by atoms with Gasteiger partial charge in [0.25, 0.3) is 0 Å². The molecule has 0 saturated carbocycles. The van der Waals surface area contributed by atoms with Gasteiger partial charge in [-0.3, -0.25) is 38.4 Å². The molecule has 1 aromatic rings. The number of rotatable bonds is 43. The molecule has 10 N–H and O–H groups in total. The van der Waals surface area contributed by atoms with Gasteiger partial charge in [-0.2, -0.15) is 15.0 Å². The fourth-order valence-electron chi connectivity index (χ4n) is 8.76. The molecular weight excluding hydrogens is 1070 g/mol. The zero-order valence-electron chi connectivity index (χ0n) is 53.1. The third-order valence-corrected chi connectivity index (χ3v) is 13.8. The molecule has 0 radical (unpaired) electrons. The summed E-state index contributed by atoms with van der Waals surface area (Å²) in [5.74, 6) is -0.116. The van der Waals surface area contributed by atoms with Gasteiger partial charge < -0.3 is 63.0 Å². The molecule has 1 aliphatic heterocycles. The molecule has 0 bridgehead atoms. The number of unbranched alkanes of at least 4 members (excludes halogenated alkanes) is 5. The predicted octanol–water partition coefficient (Wildman–Crippen LogP) is 5.40. The minimum absolute atomic E-state index is 0.000208. The van der Waals surface area contributed by atoms with E-state index in [0.717, 1.165) is 64.2 Å². The van der Waals surface area contributed by atoms with E-state index in [-0.39, 0.29) is 127 Å². The van der Waals surface area contributed by atoms with Gasteiger partial charge in [0.05, 0.1) is 0 Å². The van der Waals surface area contributed by atoms with Gasteiger partial charge in [-0.1, -0.05) is 94.1 Å². The van der Waals surface area contributed by atoms with E-state index in [4.69, 9.17) is 20.7 Å². The summed E-state index contributed by atoms with van der Waals surface area (Å²) in [6.07, 6.45) is 16.6. The van der Waals surface area contributed by atoms with Crippen LogP contribution >= 0.6 is 0 Å². The summed E-state index contributed by atoms with van der Waals surface area (Å²) < 4.78 is 0. The second kappa shape index (κ2) is 41.8. The Morgan fingerprint density at radius 2 is 0.905 bits per heavy atom. The van der Waals surface area contributed by atoms with E-state index in [1.54, 1.807) is 15.9 Å². The zero-order valence-corrected chi connectivity index (χ0v) is 53.1. The summed E-state index contributed by atoms with van der Waals surface area (Å²) in [5, 5.41) is 23.7. The molecule has 0 aromatic carbocycles. The van der Waals surface area contributed by atoms with Crippen molar-refractivity contribution in [3.8, 4) is 0 Å². The molecular formula is C61H111N15O8. The molecule has 84 heavy (non-hydrogen) atoms. The van der Waals surface area contributed by atoms with Gasteiger partial charge in [0.2, 0.25) is 65.1 Å². The topological polar surface area (TPSA) is 307 Å². The number of carbonyl (C=O) groups is 8. The smallest absolute Gasteiger partial charge is 0.243 e. The molecule has 0 spiro atoms. The molecule has 2 heterocycles. The Bertz CT molecular complexity index is 2090. The maximum Gasteiger partial charge on any atom is 0.243 e. The van der Waals surface area contributed by atoms with Crippen molar-refractivity contribution in [3.63, 3.8) is 0 Å². The Labute approximate surface area is 503 Å². The second-order valence-electron chi connectivity index (χ2n) is 25.5. The van der Waals surface area contributed by atoms with E-state index in [2.05, 4.69) is 84.1 Å². The Morgan fingerprint density at radius 1 is 0.464 bits per heavy atom. The average Bonchev–Trinajstić information content (AvgIpc) is 3.64. The third kappa shape index (κ3) is 39.4. The number of allylic oxidation sites excluding steroid dienone is 1. The minimum Gasteiger partial charge on any atom is -0.356 e. The summed E-state index contributed by atoms with van der Waals surface area (Å²) in [4.78, 5) is 122. The Kier molecular flexibility index (Phi) is 36.8. The van der Waals surface area contributed by atoms with E-state index in [1.165, 1.54) is 0 Å². The van der Waals surface area contributed by atoms with Crippen LogP contribution in [0.1, 0.15) is 197 Å². The van der Waals surface area contributed by atoms with Crippen molar-refractivity contribution in [3.05, 3.63) is 12.2 Å². The first-order chi connectivity index (χ1) is 39.8. The van der Waals surface area contributed by atoms with Crippen LogP contribution < -0.4 is 58.1 Å². The molecule has 2 rings (SSSR count). The van der Waals surface area contributed by atoms with Gasteiger partial charge in [-0.15, -0.1) is 0 Å². The summed E-state index contributed by atoms with van der Waals surface area (Å²) >= 11 is 0. The lowest BCUT2D eigenvalue weighted by Gasteiger charge is -2.35. The lowest BCUT2D eigenvalue weighted by atomic mass is 9.89. The molecule has 0 unspecified atom stereocenters. The van der Waals surface area contributed by atoms with E-state index < -0.39 is 0 Å². The standard InChI is InChI=1S/C61H111N15O8/c1-59(2,3)30-14-12-22-48(77)66-37-20-39-68-53(82)28-42-75(43-29-54(83)69-40-21-38-67-49(78)23-13-15-31-60(4,5)6)57-71-56(70-41-27-52(81)65-36-19-33-62)72-58(73-57)76-46-44-74(45-47-76)55(84)25-18-24-50(79)63-34-16-10-11-17-35-64-51(80)26-32-61(7,8)9/h26,32H,10-25,27-31,33-47,62H2,1-9H3,(H,63,79)(H,64,80)(H,65,81)(H,66,77)(H,67,78)(H,68,82)(H,69,83)(H,70,71,72,73)/b32-26+. The maximum atomic E-state index is 13.4. The molecule has 1 aliphatic rings. The number of carbonyl (C=O) groups excluding carboxylic acids is 8. The SMILES string of the molecule is CC(C)(C)/C=C/C(=O)NCCCCCCNC(=O)CCCC(=O)N1CCN(c2nc(NCCC(=O)NCCCN)nc(N(CCC(=O)NCCCNC(=O)CCCCC(C)(C)C)CCC(=O)NCCCNC(=O)CCCCC(C)(C)C)n2)CC1. The molecule has 8 amide bonds. The van der Waals surface area contributed by atoms with Gasteiger partial charge in [-0.25, -0.2) is 0 Å². The van der Waals surface area contributed by atoms with Crippen LogP contribution in [0.2, 0.25) is 0 Å². The highest BCUT2D eigenvalue weighted by molar-refractivity contribution is 5.87. The fourth-order valence-corrected chi connectivity index (χ4v) is 8.76. The number of hydrogen-bond acceptors (Lipinski definition) is 15. The minimum atomic E-state index is -0.226. The predicted molar refractivity (Wildman–Crippen MR) is 334 cm³/mol. The van der Waals surface area contributed by atoms with Crippen LogP contribution in [0.25, 0.3) is 0 Å². The van der Waals surface area contributed by atoms with Crippen molar-refractivity contribution < 1.29 is 38.4 Å². The van der Waals surface area contributed by atoms with Crippen LogP contribution in [0, 0.1) is 16.2 Å². The van der Waals surface area contributed by atoms with Crippen molar-refractivity contribution in [2.24, 2.45) is 22.0 Å². The number of nitrogens with two attached hydrogens (primary N) is 1. The molecule has 0 aliphatic carbocycles. The van der Waals surface area contributed by atoms with Crippen molar-refractivity contribution >= 4 is 65.1 Å². The lowest BCUT2D eigenvalue weighted by molar-refractivity contribution is -0.132. The maximum absolute atomic E-state index is 13.4. The van der Waals surface area contributed by atoms with Gasteiger partial charge in [0.15, 0.2) is 0 Å². The number of aromatic nitrogens is 3. The van der Waals surface area contributed by atoms with Gasteiger partial charge >= 0.3 is 0 Å². The third-order valence-electron chi connectivity index (χ3n) is 13.8. The van der Waals surface area contributed by atoms with Crippen LogP contribution in [-0.2, 0) is 38.4 Å². The molecule has 478 valence electrons. The van der Waals surface area contributed by atoms with Crippen molar-refractivity contribution in [2.75, 3.05) is 113 Å². The number of amides is 8. The zero-order chi connectivity index (χ0) is 62.2. The Morgan fingerprint density at radius 3 is 1.38 bits per heavy atom. The van der Waals surface area contributed by atoms with Gasteiger partial charge in [0.1, 0.15) is 0 Å². The number of nitrogens with zero attached hydrogens (tertiary/aromatic N) is 6. The highest BCUT2D eigenvalue weighted by Crippen LogP contribution is 2.24. The van der Waals surface area contributed by atoms with E-state index in [9.17, 15) is 38.4 Å². The molecule has 0 atom stereocenters. The second-order valence-corrected chi connectivity index (χ2v) is 25.5. The first-order valence-electron chi connectivity index (χ1n) is 31.4. The molecule has 1 fully saturated rings. The first-order valence-corrected chi connectivity index (χ1v) is 31.4. The highest BCUT2D eigenvalue weighted by atomic mass is 16.2. The van der Waals surface area contributed by atoms with Crippen LogP contribution in [0.3, 0.4) is 0 Å². The van der Waals surface area contributed by atoms with E-state index >= 15 is 0 Å². The molecule has 1 saturated heterocycles. The monoisotopic (exact) mass is 1180 g/mol. The molecule has 23 heteroatoms. The molecule has 23 nitrogen and oxygen atoms in total. The van der Waals surface area contributed by atoms with Gasteiger partial charge in [0, 0.05) is 137 Å². The number of piperazine rings is 1. The summed E-state index contributed by atoms with van der Waals surface area (Å²) in [6, 6.07) is 0. The van der Waals surface area contributed by atoms with E-state index in [1.807, 2.05) is 31.7 Å². The average molecular weight is 1180 g/mol. The van der Waals surface area contributed by atoms with Gasteiger partial charge in [-0.05, 0) is 93.1 Å². The Balaban J connectivity index is 2.08. The summed E-state index contributed by atoms with van der Waals surface area (Å²) in [6.45, 7) is 25.0. The summed E-state index contributed by atoms with van der Waals surface area (Å²) in [7, 11) is 0. The number of nitrogens with one attached hydrogen (secondary N) is 8. The van der Waals surface area contributed by atoms with Crippen molar-refractivity contribution in [1.82, 2.24) is 57.1 Å². The van der Waals surface area contributed by atoms with Crippen LogP contribution in [0.15, 0.2) is 12.2 Å². The van der Waals surface area contributed by atoms with E-state index in [0.29, 0.717) is 123 Å². The Hall–Kier alpha value is -6.13. The highest BCUT2D eigenvalue weighted by Gasteiger charge is 2.26. The van der Waals surface area contributed by atoms with Crippen LogP contribution in [-0.4, -0.2) is 165 Å². The van der Waals surface area contributed by atoms with Crippen molar-refractivity contribution in [1.29, 1.82) is 0 Å². The van der Waals surface area contributed by atoms with Crippen molar-refractivity contribution in [2.45, 2.75) is 197 Å². The number of hydrogen-bond donors (Lipinski definition) is 9. The van der Waals surface area contributed by atoms with Crippen LogP contribution in [0.5, 0.6) is 0 Å². The van der Waals surface area contributed by atoms with Crippen LogP contribution in [0.4, 0.5) is 17.8 Å². The lowest BCUT2D eigenvalue weighted by Crippen LogP contribution is -2.49. The normalized spacial score (nSPS) is 12.8. The largest absolute Gasteiger partial charge is 0.356 e. The fraction of sp³-hybridized carbons (Fsp3) is 0.787. The first kappa shape index (κ1) is 74.0.